The third-order valence-corrected chi connectivity index (χ3v) is 5.10. The van der Waals surface area contributed by atoms with Gasteiger partial charge in [0.2, 0.25) is 0 Å². The van der Waals surface area contributed by atoms with Crippen LogP contribution in [0.1, 0.15) is 47.6 Å². The van der Waals surface area contributed by atoms with E-state index in [-0.39, 0.29) is 36.1 Å². The number of alkyl halides is 6. The SMILES string of the molecule is CC(OC1CCNCC1c1ccccc1)c1cc(C(F)(F)F)cc(C(F)(F)F)c1.Cl. The van der Waals surface area contributed by atoms with Crippen molar-refractivity contribution in [3.8, 4) is 0 Å². The third-order valence-electron chi connectivity index (χ3n) is 5.10. The number of benzene rings is 2. The van der Waals surface area contributed by atoms with Gasteiger partial charge >= 0.3 is 12.4 Å². The number of ether oxygens (including phenoxy) is 1. The molecule has 1 aliphatic rings. The molecule has 3 atom stereocenters. The van der Waals surface area contributed by atoms with E-state index in [4.69, 9.17) is 4.74 Å². The zero-order chi connectivity index (χ0) is 21.2. The molecule has 3 rings (SSSR count). The average Bonchev–Trinajstić information content (AvgIpc) is 2.67. The zero-order valence-electron chi connectivity index (χ0n) is 16.1. The molecule has 30 heavy (non-hydrogen) atoms. The van der Waals surface area contributed by atoms with Crippen LogP contribution in [-0.2, 0) is 17.1 Å². The van der Waals surface area contributed by atoms with Gasteiger partial charge in [-0.05, 0) is 49.2 Å². The summed E-state index contributed by atoms with van der Waals surface area (Å²) in [6.45, 7) is 2.77. The molecule has 1 heterocycles. The monoisotopic (exact) mass is 453 g/mol. The molecule has 1 saturated heterocycles. The largest absolute Gasteiger partial charge is 0.416 e. The maximum absolute atomic E-state index is 13.1. The van der Waals surface area contributed by atoms with E-state index in [0.29, 0.717) is 19.5 Å². The van der Waals surface area contributed by atoms with Gasteiger partial charge in [-0.25, -0.2) is 0 Å². The van der Waals surface area contributed by atoms with Crippen LogP contribution >= 0.6 is 12.4 Å². The Morgan fingerprint density at radius 1 is 0.933 bits per heavy atom. The first kappa shape index (κ1) is 24.5. The quantitative estimate of drug-likeness (QED) is 0.543. The van der Waals surface area contributed by atoms with Gasteiger partial charge in [0.1, 0.15) is 0 Å². The number of nitrogens with one attached hydrogen (secondary N) is 1. The van der Waals surface area contributed by atoms with E-state index in [2.05, 4.69) is 5.32 Å². The molecule has 3 unspecified atom stereocenters. The molecule has 0 bridgehead atoms. The molecule has 1 N–H and O–H groups in total. The molecular formula is C21H22ClF6NO. The van der Waals surface area contributed by atoms with E-state index in [1.807, 2.05) is 30.3 Å². The van der Waals surface area contributed by atoms with Crippen molar-refractivity contribution in [3.63, 3.8) is 0 Å². The summed E-state index contributed by atoms with van der Waals surface area (Å²) < 4.78 is 84.8. The van der Waals surface area contributed by atoms with Gasteiger partial charge in [0.15, 0.2) is 0 Å². The van der Waals surface area contributed by atoms with Crippen molar-refractivity contribution < 1.29 is 31.1 Å². The molecule has 0 radical (unpaired) electrons. The summed E-state index contributed by atoms with van der Waals surface area (Å²) in [7, 11) is 0. The lowest BCUT2D eigenvalue weighted by molar-refractivity contribution is -0.143. The highest BCUT2D eigenvalue weighted by Crippen LogP contribution is 2.39. The Bertz CT molecular complexity index is 792. The standard InChI is InChI=1S/C21H21F6NO.ClH/c1-13(15-9-16(20(22,23)24)11-17(10-15)21(25,26)27)29-19-7-8-28-12-18(19)14-5-3-2-4-6-14;/h2-6,9-11,13,18-19,28H,7-8,12H2,1H3;1H. The van der Waals surface area contributed by atoms with Gasteiger partial charge in [0.05, 0.1) is 23.3 Å². The van der Waals surface area contributed by atoms with Gasteiger partial charge in [-0.1, -0.05) is 30.3 Å². The molecule has 0 spiro atoms. The second-order valence-corrected chi connectivity index (χ2v) is 7.17. The molecule has 1 fully saturated rings. The van der Waals surface area contributed by atoms with Crippen molar-refractivity contribution >= 4 is 12.4 Å². The highest BCUT2D eigenvalue weighted by atomic mass is 35.5. The second kappa shape index (κ2) is 9.58. The lowest BCUT2D eigenvalue weighted by atomic mass is 9.88. The zero-order valence-corrected chi connectivity index (χ0v) is 16.9. The van der Waals surface area contributed by atoms with Crippen molar-refractivity contribution in [2.24, 2.45) is 0 Å². The Morgan fingerprint density at radius 3 is 2.03 bits per heavy atom. The summed E-state index contributed by atoms with van der Waals surface area (Å²) in [6, 6.07) is 11.1. The molecule has 0 amide bonds. The van der Waals surface area contributed by atoms with Crippen LogP contribution in [0.5, 0.6) is 0 Å². The fourth-order valence-electron chi connectivity index (χ4n) is 3.58. The Kier molecular flexibility index (Phi) is 7.82. The minimum absolute atomic E-state index is 0. The molecule has 0 saturated carbocycles. The Morgan fingerprint density at radius 2 is 1.50 bits per heavy atom. The highest BCUT2D eigenvalue weighted by molar-refractivity contribution is 5.85. The number of hydrogen-bond donors (Lipinski definition) is 1. The first-order chi connectivity index (χ1) is 13.6. The van der Waals surface area contributed by atoms with E-state index in [0.717, 1.165) is 17.7 Å². The summed E-state index contributed by atoms with van der Waals surface area (Å²) in [6.07, 6.45) is -10.4. The Labute approximate surface area is 177 Å². The predicted octanol–water partition coefficient (Wildman–Crippen LogP) is 6.37. The van der Waals surface area contributed by atoms with Gasteiger partial charge in [-0.3, -0.25) is 0 Å². The fourth-order valence-corrected chi connectivity index (χ4v) is 3.58. The maximum Gasteiger partial charge on any atom is 0.416 e. The van der Waals surface area contributed by atoms with Crippen LogP contribution in [0, 0.1) is 0 Å². The molecule has 1 aliphatic heterocycles. The number of halogens is 7. The van der Waals surface area contributed by atoms with E-state index in [1.54, 1.807) is 0 Å². The topological polar surface area (TPSA) is 21.3 Å². The van der Waals surface area contributed by atoms with Crippen LogP contribution in [0.4, 0.5) is 26.3 Å². The first-order valence-electron chi connectivity index (χ1n) is 9.26. The van der Waals surface area contributed by atoms with Crippen LogP contribution in [0.25, 0.3) is 0 Å². The smallest absolute Gasteiger partial charge is 0.370 e. The molecule has 9 heteroatoms. The van der Waals surface area contributed by atoms with Crippen LogP contribution in [-0.4, -0.2) is 19.2 Å². The maximum atomic E-state index is 13.1. The molecule has 2 nitrogen and oxygen atoms in total. The van der Waals surface area contributed by atoms with Crippen LogP contribution in [0.2, 0.25) is 0 Å². The highest BCUT2D eigenvalue weighted by Gasteiger charge is 2.38. The number of piperidine rings is 1. The second-order valence-electron chi connectivity index (χ2n) is 7.17. The fraction of sp³-hybridized carbons (Fsp3) is 0.429. The number of rotatable bonds is 4. The van der Waals surface area contributed by atoms with Gasteiger partial charge < -0.3 is 10.1 Å². The van der Waals surface area contributed by atoms with Gasteiger partial charge in [0, 0.05) is 12.5 Å². The van der Waals surface area contributed by atoms with Crippen molar-refractivity contribution in [2.75, 3.05) is 13.1 Å². The van der Waals surface area contributed by atoms with Crippen LogP contribution in [0.3, 0.4) is 0 Å². The lowest BCUT2D eigenvalue weighted by Crippen LogP contribution is -2.40. The minimum atomic E-state index is -4.88. The molecule has 2 aromatic carbocycles. The summed E-state index contributed by atoms with van der Waals surface area (Å²) in [5, 5.41) is 3.26. The van der Waals surface area contributed by atoms with Gasteiger partial charge in [0.25, 0.3) is 0 Å². The van der Waals surface area contributed by atoms with E-state index in [1.165, 1.54) is 6.92 Å². The lowest BCUT2D eigenvalue weighted by Gasteiger charge is -2.34. The summed E-state index contributed by atoms with van der Waals surface area (Å²) in [4.78, 5) is 0. The van der Waals surface area contributed by atoms with E-state index in [9.17, 15) is 26.3 Å². The summed E-state index contributed by atoms with van der Waals surface area (Å²) in [5.74, 6) is -0.0414. The Balaban J connectivity index is 0.00000320. The minimum Gasteiger partial charge on any atom is -0.370 e. The molecule has 0 aromatic heterocycles. The number of hydrogen-bond acceptors (Lipinski definition) is 2. The first-order valence-corrected chi connectivity index (χ1v) is 9.26. The average molecular weight is 454 g/mol. The van der Waals surface area contributed by atoms with Crippen LogP contribution < -0.4 is 5.32 Å². The van der Waals surface area contributed by atoms with E-state index < -0.39 is 29.6 Å². The predicted molar refractivity (Wildman–Crippen MR) is 104 cm³/mol. The summed E-state index contributed by atoms with van der Waals surface area (Å²) in [5.41, 5.74) is -1.79. The van der Waals surface area contributed by atoms with Gasteiger partial charge in [-0.15, -0.1) is 12.4 Å². The normalized spacial score (nSPS) is 21.0. The molecule has 0 aliphatic carbocycles. The van der Waals surface area contributed by atoms with Crippen molar-refractivity contribution in [1.29, 1.82) is 0 Å². The van der Waals surface area contributed by atoms with Crippen molar-refractivity contribution in [2.45, 2.75) is 43.8 Å². The molecule has 166 valence electrons. The van der Waals surface area contributed by atoms with Crippen molar-refractivity contribution in [3.05, 3.63) is 70.8 Å². The summed E-state index contributed by atoms with van der Waals surface area (Å²) >= 11 is 0. The molecule has 2 aromatic rings. The van der Waals surface area contributed by atoms with E-state index >= 15 is 0 Å². The van der Waals surface area contributed by atoms with Gasteiger partial charge in [-0.2, -0.15) is 26.3 Å². The third kappa shape index (κ3) is 5.89. The molecular weight excluding hydrogens is 432 g/mol. The van der Waals surface area contributed by atoms with Crippen LogP contribution in [0.15, 0.2) is 48.5 Å². The van der Waals surface area contributed by atoms with Crippen molar-refractivity contribution in [1.82, 2.24) is 5.32 Å². The Hall–Kier alpha value is -1.77.